The molecule has 0 fully saturated rings. The second-order valence-corrected chi connectivity index (χ2v) is 5.55. The first-order valence-corrected chi connectivity index (χ1v) is 7.38. The van der Waals surface area contributed by atoms with E-state index in [1.165, 1.54) is 0 Å². The van der Waals surface area contributed by atoms with E-state index in [1.54, 1.807) is 6.07 Å². The minimum Gasteiger partial charge on any atom is -0.397 e. The number of rotatable bonds is 5. The lowest BCUT2D eigenvalue weighted by atomic mass is 10.0. The molecular formula is C17H23N3O. The maximum Gasteiger partial charge on any atom is 0.272 e. The number of benzene rings is 1. The largest absolute Gasteiger partial charge is 0.397 e. The summed E-state index contributed by atoms with van der Waals surface area (Å²) >= 11 is 0. The zero-order valence-corrected chi connectivity index (χ0v) is 12.9. The van der Waals surface area contributed by atoms with Gasteiger partial charge in [0.05, 0.1) is 5.69 Å². The van der Waals surface area contributed by atoms with Crippen LogP contribution in [0.1, 0.15) is 49.2 Å². The molecule has 2 rings (SSSR count). The zero-order valence-electron chi connectivity index (χ0n) is 12.9. The van der Waals surface area contributed by atoms with Gasteiger partial charge in [0, 0.05) is 18.4 Å². The third-order valence-corrected chi connectivity index (χ3v) is 3.45. The Morgan fingerprint density at radius 3 is 2.71 bits per heavy atom. The second-order valence-electron chi connectivity index (χ2n) is 5.55. The molecule has 1 aromatic carbocycles. The first-order valence-electron chi connectivity index (χ1n) is 7.38. The van der Waals surface area contributed by atoms with Crippen molar-refractivity contribution in [3.05, 3.63) is 47.8 Å². The highest BCUT2D eigenvalue weighted by atomic mass is 16.1. The van der Waals surface area contributed by atoms with Gasteiger partial charge in [0.15, 0.2) is 0 Å². The molecule has 1 heterocycles. The minimum absolute atomic E-state index is 0.117. The molecule has 1 amide bonds. The maximum atomic E-state index is 12.5. The van der Waals surface area contributed by atoms with Crippen molar-refractivity contribution in [2.24, 2.45) is 0 Å². The third kappa shape index (κ3) is 3.45. The van der Waals surface area contributed by atoms with E-state index in [0.29, 0.717) is 17.3 Å². The van der Waals surface area contributed by atoms with Crippen molar-refractivity contribution in [3.8, 4) is 0 Å². The fourth-order valence-corrected chi connectivity index (χ4v) is 2.45. The van der Waals surface area contributed by atoms with Gasteiger partial charge in [0.1, 0.15) is 5.69 Å². The van der Waals surface area contributed by atoms with Crippen LogP contribution in [0.15, 0.2) is 36.5 Å². The number of anilines is 2. The summed E-state index contributed by atoms with van der Waals surface area (Å²) in [5.41, 5.74) is 9.03. The van der Waals surface area contributed by atoms with Crippen molar-refractivity contribution in [1.29, 1.82) is 0 Å². The normalized spacial score (nSPS) is 10.9. The number of para-hydroxylation sites is 1. The van der Waals surface area contributed by atoms with Gasteiger partial charge in [-0.1, -0.05) is 39.0 Å². The molecule has 112 valence electrons. The van der Waals surface area contributed by atoms with E-state index in [4.69, 9.17) is 5.73 Å². The molecule has 1 aromatic heterocycles. The lowest BCUT2D eigenvalue weighted by Crippen LogP contribution is -2.17. The Bertz CT molecular complexity index is 629. The van der Waals surface area contributed by atoms with Gasteiger partial charge in [-0.3, -0.25) is 4.79 Å². The molecule has 0 spiro atoms. The molecule has 0 aliphatic rings. The maximum absolute atomic E-state index is 12.5. The van der Waals surface area contributed by atoms with Crippen LogP contribution in [0.25, 0.3) is 0 Å². The van der Waals surface area contributed by atoms with Crippen LogP contribution < -0.4 is 11.1 Å². The molecular weight excluding hydrogens is 262 g/mol. The average molecular weight is 285 g/mol. The smallest absolute Gasteiger partial charge is 0.272 e. The number of carbonyl (C=O) groups is 1. The van der Waals surface area contributed by atoms with Crippen molar-refractivity contribution in [3.63, 3.8) is 0 Å². The Balaban J connectivity index is 2.26. The standard InChI is InChI=1S/C17H23N3O/c1-4-9-20-11-13(18)10-16(20)17(21)19-15-8-6-5-7-14(15)12(2)3/h5-8,10-12H,4,9,18H2,1-3H3,(H,19,21). The van der Waals surface area contributed by atoms with Gasteiger partial charge in [0.25, 0.3) is 5.91 Å². The predicted octanol–water partition coefficient (Wildman–Crippen LogP) is 3.86. The summed E-state index contributed by atoms with van der Waals surface area (Å²) < 4.78 is 1.91. The van der Waals surface area contributed by atoms with E-state index >= 15 is 0 Å². The van der Waals surface area contributed by atoms with E-state index in [1.807, 2.05) is 35.0 Å². The number of aromatic nitrogens is 1. The molecule has 0 atom stereocenters. The number of hydrogen-bond donors (Lipinski definition) is 2. The van der Waals surface area contributed by atoms with Crippen LogP contribution in [0.4, 0.5) is 11.4 Å². The number of nitrogen functional groups attached to an aromatic ring is 1. The molecule has 0 aliphatic carbocycles. The Labute approximate surface area is 126 Å². The van der Waals surface area contributed by atoms with Crippen LogP contribution >= 0.6 is 0 Å². The van der Waals surface area contributed by atoms with E-state index in [9.17, 15) is 4.79 Å². The summed E-state index contributed by atoms with van der Waals surface area (Å²) in [7, 11) is 0. The monoisotopic (exact) mass is 285 g/mol. The summed E-state index contributed by atoms with van der Waals surface area (Å²) in [5, 5.41) is 3.00. The van der Waals surface area contributed by atoms with Crippen molar-refractivity contribution in [1.82, 2.24) is 4.57 Å². The number of nitrogens with one attached hydrogen (secondary N) is 1. The Hall–Kier alpha value is -2.23. The van der Waals surface area contributed by atoms with E-state index in [2.05, 4.69) is 26.1 Å². The van der Waals surface area contributed by atoms with Gasteiger partial charge < -0.3 is 15.6 Å². The third-order valence-electron chi connectivity index (χ3n) is 3.45. The van der Waals surface area contributed by atoms with Crippen molar-refractivity contribution >= 4 is 17.3 Å². The number of nitrogens with zero attached hydrogens (tertiary/aromatic N) is 1. The molecule has 4 nitrogen and oxygen atoms in total. The van der Waals surface area contributed by atoms with Crippen LogP contribution in [0.2, 0.25) is 0 Å². The van der Waals surface area contributed by atoms with Crippen LogP contribution in [-0.2, 0) is 6.54 Å². The second kappa shape index (κ2) is 6.48. The van der Waals surface area contributed by atoms with Crippen molar-refractivity contribution in [2.45, 2.75) is 39.7 Å². The summed E-state index contributed by atoms with van der Waals surface area (Å²) in [4.78, 5) is 12.5. The van der Waals surface area contributed by atoms with Crippen LogP contribution in [0.3, 0.4) is 0 Å². The van der Waals surface area contributed by atoms with Gasteiger partial charge in [0.2, 0.25) is 0 Å². The molecule has 3 N–H and O–H groups in total. The van der Waals surface area contributed by atoms with Crippen molar-refractivity contribution in [2.75, 3.05) is 11.1 Å². The van der Waals surface area contributed by atoms with Crippen LogP contribution in [-0.4, -0.2) is 10.5 Å². The topological polar surface area (TPSA) is 60.0 Å². The lowest BCUT2D eigenvalue weighted by molar-refractivity contribution is 0.101. The summed E-state index contributed by atoms with van der Waals surface area (Å²) in [6, 6.07) is 9.62. The van der Waals surface area contributed by atoms with Gasteiger partial charge in [-0.2, -0.15) is 0 Å². The summed E-state index contributed by atoms with van der Waals surface area (Å²) in [5.74, 6) is 0.238. The molecule has 0 saturated carbocycles. The molecule has 21 heavy (non-hydrogen) atoms. The fraction of sp³-hybridized carbons (Fsp3) is 0.353. The SMILES string of the molecule is CCCn1cc(N)cc1C(=O)Nc1ccccc1C(C)C. The van der Waals surface area contributed by atoms with Gasteiger partial charge in [-0.05, 0) is 30.0 Å². The Morgan fingerprint density at radius 1 is 1.33 bits per heavy atom. The Kier molecular flexibility index (Phi) is 4.68. The number of nitrogens with two attached hydrogens (primary N) is 1. The lowest BCUT2D eigenvalue weighted by Gasteiger charge is -2.14. The highest BCUT2D eigenvalue weighted by molar-refractivity contribution is 6.04. The molecule has 0 bridgehead atoms. The fourth-order valence-electron chi connectivity index (χ4n) is 2.45. The molecule has 0 aliphatic heterocycles. The summed E-state index contributed by atoms with van der Waals surface area (Å²) in [6.07, 6.45) is 2.77. The number of carbonyl (C=O) groups excluding carboxylic acids is 1. The molecule has 4 heteroatoms. The van der Waals surface area contributed by atoms with E-state index < -0.39 is 0 Å². The molecule has 0 saturated heterocycles. The summed E-state index contributed by atoms with van der Waals surface area (Å²) in [6.45, 7) is 7.09. The first-order chi connectivity index (χ1) is 10.0. The average Bonchev–Trinajstić information content (AvgIpc) is 2.80. The number of hydrogen-bond acceptors (Lipinski definition) is 2. The highest BCUT2D eigenvalue weighted by Gasteiger charge is 2.15. The number of aryl methyl sites for hydroxylation is 1. The van der Waals surface area contributed by atoms with Gasteiger partial charge >= 0.3 is 0 Å². The van der Waals surface area contributed by atoms with E-state index in [0.717, 1.165) is 24.2 Å². The Morgan fingerprint density at radius 2 is 2.05 bits per heavy atom. The van der Waals surface area contributed by atoms with Crippen molar-refractivity contribution < 1.29 is 4.79 Å². The quantitative estimate of drug-likeness (QED) is 0.876. The number of amides is 1. The van der Waals surface area contributed by atoms with E-state index in [-0.39, 0.29) is 5.91 Å². The predicted molar refractivity (Wildman–Crippen MR) is 87.6 cm³/mol. The van der Waals surface area contributed by atoms with Crippen LogP contribution in [0.5, 0.6) is 0 Å². The van der Waals surface area contributed by atoms with Crippen LogP contribution in [0, 0.1) is 0 Å². The minimum atomic E-state index is -0.117. The molecule has 0 unspecified atom stereocenters. The molecule has 2 aromatic rings. The molecule has 0 radical (unpaired) electrons. The van der Waals surface area contributed by atoms with Gasteiger partial charge in [-0.25, -0.2) is 0 Å². The van der Waals surface area contributed by atoms with Gasteiger partial charge in [-0.15, -0.1) is 0 Å². The highest BCUT2D eigenvalue weighted by Crippen LogP contribution is 2.24. The first kappa shape index (κ1) is 15.2. The zero-order chi connectivity index (χ0) is 15.4.